The fourth-order valence-corrected chi connectivity index (χ4v) is 4.52. The average Bonchev–Trinajstić information content (AvgIpc) is 2.42. The van der Waals surface area contributed by atoms with Gasteiger partial charge in [-0.15, -0.1) is 0 Å². The summed E-state index contributed by atoms with van der Waals surface area (Å²) in [7, 11) is -4.05. The SMILES string of the molecule is CCNS(=O)(=O)c1ccc(NC2CCS(=O)CC2)cc1. The largest absolute Gasteiger partial charge is 0.382 e. The zero-order valence-corrected chi connectivity index (χ0v) is 13.1. The number of anilines is 1. The van der Waals surface area contributed by atoms with E-state index in [1.807, 2.05) is 0 Å². The molecule has 2 N–H and O–H groups in total. The number of hydrogen-bond donors (Lipinski definition) is 2. The van der Waals surface area contributed by atoms with Crippen LogP contribution in [0.15, 0.2) is 29.2 Å². The molecule has 0 amide bonds. The highest BCUT2D eigenvalue weighted by Gasteiger charge is 2.18. The highest BCUT2D eigenvalue weighted by Crippen LogP contribution is 2.18. The maximum Gasteiger partial charge on any atom is 0.240 e. The van der Waals surface area contributed by atoms with E-state index in [1.165, 1.54) is 0 Å². The first-order chi connectivity index (χ1) is 9.51. The minimum Gasteiger partial charge on any atom is -0.382 e. The van der Waals surface area contributed by atoms with E-state index in [0.717, 1.165) is 30.0 Å². The van der Waals surface area contributed by atoms with Crippen molar-refractivity contribution in [3.8, 4) is 0 Å². The Morgan fingerprint density at radius 3 is 2.35 bits per heavy atom. The van der Waals surface area contributed by atoms with Crippen molar-refractivity contribution in [2.45, 2.75) is 30.7 Å². The van der Waals surface area contributed by atoms with Crippen molar-refractivity contribution in [1.82, 2.24) is 4.72 Å². The van der Waals surface area contributed by atoms with E-state index in [9.17, 15) is 12.6 Å². The van der Waals surface area contributed by atoms with Gasteiger partial charge in [-0.25, -0.2) is 13.1 Å². The molecule has 0 atom stereocenters. The maximum atomic E-state index is 11.8. The molecule has 0 saturated carbocycles. The van der Waals surface area contributed by atoms with Crippen molar-refractivity contribution in [3.05, 3.63) is 24.3 Å². The fraction of sp³-hybridized carbons (Fsp3) is 0.538. The van der Waals surface area contributed by atoms with Gasteiger partial charge in [-0.3, -0.25) is 4.21 Å². The average molecular weight is 316 g/mol. The lowest BCUT2D eigenvalue weighted by Gasteiger charge is -2.23. The molecule has 112 valence electrons. The van der Waals surface area contributed by atoms with E-state index in [2.05, 4.69) is 10.0 Å². The van der Waals surface area contributed by atoms with Crippen molar-refractivity contribution in [1.29, 1.82) is 0 Å². The van der Waals surface area contributed by atoms with Gasteiger partial charge in [0, 0.05) is 40.6 Å². The third kappa shape index (κ3) is 4.04. The predicted octanol–water partition coefficient (Wildman–Crippen LogP) is 1.31. The molecule has 1 saturated heterocycles. The molecule has 0 unspecified atom stereocenters. The third-order valence-electron chi connectivity index (χ3n) is 3.26. The van der Waals surface area contributed by atoms with Crippen LogP contribution in [0.1, 0.15) is 19.8 Å². The quantitative estimate of drug-likeness (QED) is 0.859. The summed E-state index contributed by atoms with van der Waals surface area (Å²) in [6.07, 6.45) is 1.79. The summed E-state index contributed by atoms with van der Waals surface area (Å²) >= 11 is 0. The number of benzene rings is 1. The second-order valence-corrected chi connectivity index (χ2v) is 8.26. The van der Waals surface area contributed by atoms with E-state index in [4.69, 9.17) is 0 Å². The lowest BCUT2D eigenvalue weighted by Crippen LogP contribution is -2.29. The lowest BCUT2D eigenvalue weighted by molar-refractivity contribution is 0.584. The first-order valence-electron chi connectivity index (χ1n) is 6.72. The van der Waals surface area contributed by atoms with Gasteiger partial charge in [0.25, 0.3) is 0 Å². The molecule has 0 bridgehead atoms. The molecule has 0 aromatic heterocycles. The van der Waals surface area contributed by atoms with Crippen molar-refractivity contribution in [2.75, 3.05) is 23.4 Å². The number of nitrogens with one attached hydrogen (secondary N) is 2. The van der Waals surface area contributed by atoms with E-state index in [0.29, 0.717) is 12.6 Å². The molecule has 1 aromatic carbocycles. The molecule has 5 nitrogen and oxygen atoms in total. The van der Waals surface area contributed by atoms with Gasteiger partial charge in [-0.1, -0.05) is 6.92 Å². The second-order valence-electron chi connectivity index (χ2n) is 4.79. The second kappa shape index (κ2) is 6.69. The van der Waals surface area contributed by atoms with E-state index >= 15 is 0 Å². The zero-order chi connectivity index (χ0) is 14.6. The smallest absolute Gasteiger partial charge is 0.240 e. The first kappa shape index (κ1) is 15.5. The van der Waals surface area contributed by atoms with Gasteiger partial charge in [-0.05, 0) is 37.1 Å². The zero-order valence-electron chi connectivity index (χ0n) is 11.5. The Labute approximate surface area is 122 Å². The summed E-state index contributed by atoms with van der Waals surface area (Å²) in [5.41, 5.74) is 0.901. The van der Waals surface area contributed by atoms with Crippen molar-refractivity contribution < 1.29 is 12.6 Å². The molecule has 7 heteroatoms. The van der Waals surface area contributed by atoms with E-state index < -0.39 is 20.8 Å². The highest BCUT2D eigenvalue weighted by atomic mass is 32.2. The minimum atomic E-state index is -3.39. The van der Waals surface area contributed by atoms with Crippen LogP contribution in [0, 0.1) is 0 Å². The first-order valence-corrected chi connectivity index (χ1v) is 9.69. The summed E-state index contributed by atoms with van der Waals surface area (Å²) in [5, 5.41) is 3.36. The van der Waals surface area contributed by atoms with Crippen LogP contribution < -0.4 is 10.0 Å². The van der Waals surface area contributed by atoms with Crippen LogP contribution in [0.25, 0.3) is 0 Å². The minimum absolute atomic E-state index is 0.273. The summed E-state index contributed by atoms with van der Waals surface area (Å²) in [6.45, 7) is 2.13. The Hall–Kier alpha value is -0.920. The van der Waals surface area contributed by atoms with Gasteiger partial charge in [0.05, 0.1) is 4.90 Å². The van der Waals surface area contributed by atoms with E-state index in [-0.39, 0.29) is 4.90 Å². The monoisotopic (exact) mass is 316 g/mol. The molecule has 1 heterocycles. The standard InChI is InChI=1S/C13H20N2O3S2/c1-2-14-20(17,18)13-5-3-11(4-6-13)15-12-7-9-19(16)10-8-12/h3-6,12,14-15H,2,7-10H2,1H3. The molecule has 2 rings (SSSR count). The van der Waals surface area contributed by atoms with Gasteiger partial charge < -0.3 is 5.32 Å². The molecule has 0 radical (unpaired) electrons. The lowest BCUT2D eigenvalue weighted by atomic mass is 10.1. The molecular weight excluding hydrogens is 296 g/mol. The summed E-state index contributed by atoms with van der Waals surface area (Å²) < 4.78 is 37.4. The number of hydrogen-bond acceptors (Lipinski definition) is 4. The van der Waals surface area contributed by atoms with Crippen LogP contribution in [-0.2, 0) is 20.8 Å². The van der Waals surface area contributed by atoms with Crippen LogP contribution in [0.4, 0.5) is 5.69 Å². The van der Waals surface area contributed by atoms with Gasteiger partial charge in [-0.2, -0.15) is 0 Å². The van der Waals surface area contributed by atoms with Crippen LogP contribution in [0.3, 0.4) is 0 Å². The molecule has 1 aromatic rings. The Balaban J connectivity index is 2.00. The molecule has 1 fully saturated rings. The topological polar surface area (TPSA) is 75.3 Å². The van der Waals surface area contributed by atoms with Gasteiger partial charge >= 0.3 is 0 Å². The third-order valence-corrected chi connectivity index (χ3v) is 6.20. The van der Waals surface area contributed by atoms with Crippen molar-refractivity contribution in [3.63, 3.8) is 0 Å². The maximum absolute atomic E-state index is 11.8. The molecule has 1 aliphatic heterocycles. The van der Waals surface area contributed by atoms with Crippen molar-refractivity contribution in [2.24, 2.45) is 0 Å². The molecule has 1 aliphatic rings. The van der Waals surface area contributed by atoms with Gasteiger partial charge in [0.15, 0.2) is 0 Å². The Morgan fingerprint density at radius 2 is 1.80 bits per heavy atom. The Bertz CT molecular complexity index is 560. The Kier molecular flexibility index (Phi) is 5.17. The summed E-state index contributed by atoms with van der Waals surface area (Å²) in [5.74, 6) is 1.48. The van der Waals surface area contributed by atoms with E-state index in [1.54, 1.807) is 31.2 Å². The normalized spacial score (nSPS) is 23.4. The number of sulfonamides is 1. The van der Waals surface area contributed by atoms with Crippen LogP contribution in [0.5, 0.6) is 0 Å². The molecular formula is C13H20N2O3S2. The highest BCUT2D eigenvalue weighted by molar-refractivity contribution is 7.89. The van der Waals surface area contributed by atoms with Gasteiger partial charge in [0.2, 0.25) is 10.0 Å². The molecule has 0 aliphatic carbocycles. The van der Waals surface area contributed by atoms with Crippen molar-refractivity contribution >= 4 is 26.5 Å². The number of rotatable bonds is 5. The molecule has 20 heavy (non-hydrogen) atoms. The van der Waals surface area contributed by atoms with Crippen LogP contribution >= 0.6 is 0 Å². The Morgan fingerprint density at radius 1 is 1.20 bits per heavy atom. The van der Waals surface area contributed by atoms with Crippen LogP contribution in [-0.4, -0.2) is 36.7 Å². The predicted molar refractivity (Wildman–Crippen MR) is 81.8 cm³/mol. The van der Waals surface area contributed by atoms with Crippen LogP contribution in [0.2, 0.25) is 0 Å². The molecule has 0 spiro atoms. The summed E-state index contributed by atoms with van der Waals surface area (Å²) in [6, 6.07) is 7.07. The summed E-state index contributed by atoms with van der Waals surface area (Å²) in [4.78, 5) is 0.273. The fourth-order valence-electron chi connectivity index (χ4n) is 2.18. The van der Waals surface area contributed by atoms with Gasteiger partial charge in [0.1, 0.15) is 0 Å².